The molecule has 7 heteroatoms. The standard InChI is InChI=1S/C20H23N3O4/c1-13-9-16(15(3)23(13)14(2)11-26-4)18(24)12-27-20(25)17-10-22-8-6-5-7-19(22)21-17/h5-10,14H,11-12H2,1-4H3/t14-/m1/s1. The molecule has 0 aliphatic heterocycles. The fourth-order valence-corrected chi connectivity index (χ4v) is 3.37. The van der Waals surface area contributed by atoms with Crippen molar-refractivity contribution >= 4 is 17.4 Å². The number of Topliss-reactive ketones (excluding diaryl/α,β-unsaturated/α-hetero) is 1. The largest absolute Gasteiger partial charge is 0.453 e. The Kier molecular flexibility index (Phi) is 5.41. The highest BCUT2D eigenvalue weighted by Gasteiger charge is 2.21. The number of esters is 1. The van der Waals surface area contributed by atoms with Crippen LogP contribution in [0.15, 0.2) is 36.7 Å². The van der Waals surface area contributed by atoms with Crippen LogP contribution in [0.1, 0.15) is 45.2 Å². The first kappa shape index (κ1) is 18.8. The molecule has 3 heterocycles. The van der Waals surface area contributed by atoms with Crippen LogP contribution in [0.2, 0.25) is 0 Å². The molecule has 0 aromatic carbocycles. The zero-order valence-electron chi connectivity index (χ0n) is 15.9. The number of carbonyl (C=O) groups excluding carboxylic acids is 2. The molecular weight excluding hydrogens is 346 g/mol. The average Bonchev–Trinajstić information content (AvgIpc) is 3.20. The number of hydrogen-bond acceptors (Lipinski definition) is 5. The monoisotopic (exact) mass is 369 g/mol. The van der Waals surface area contributed by atoms with Crippen molar-refractivity contribution in [2.24, 2.45) is 0 Å². The summed E-state index contributed by atoms with van der Waals surface area (Å²) in [4.78, 5) is 29.0. The predicted molar refractivity (Wildman–Crippen MR) is 100 cm³/mol. The fourth-order valence-electron chi connectivity index (χ4n) is 3.37. The lowest BCUT2D eigenvalue weighted by atomic mass is 10.1. The third kappa shape index (κ3) is 3.78. The van der Waals surface area contributed by atoms with E-state index in [0.717, 1.165) is 11.4 Å². The molecule has 0 aliphatic carbocycles. The number of hydrogen-bond donors (Lipinski definition) is 0. The number of aryl methyl sites for hydroxylation is 1. The number of ketones is 1. The highest BCUT2D eigenvalue weighted by Crippen LogP contribution is 2.21. The van der Waals surface area contributed by atoms with Crippen LogP contribution in [-0.4, -0.2) is 46.0 Å². The van der Waals surface area contributed by atoms with Crippen LogP contribution in [0.4, 0.5) is 0 Å². The number of methoxy groups -OCH3 is 1. The second-order valence-electron chi connectivity index (χ2n) is 6.55. The molecule has 0 N–H and O–H groups in total. The molecule has 0 fully saturated rings. The Labute approximate surface area is 157 Å². The lowest BCUT2D eigenvalue weighted by Gasteiger charge is -2.17. The molecule has 0 spiro atoms. The molecule has 0 bridgehead atoms. The number of ether oxygens (including phenoxy) is 2. The molecule has 27 heavy (non-hydrogen) atoms. The van der Waals surface area contributed by atoms with Crippen molar-refractivity contribution in [2.45, 2.75) is 26.8 Å². The Morgan fingerprint density at radius 2 is 2.04 bits per heavy atom. The van der Waals surface area contributed by atoms with E-state index in [1.165, 1.54) is 0 Å². The molecule has 0 radical (unpaired) electrons. The maximum absolute atomic E-state index is 12.6. The van der Waals surface area contributed by atoms with E-state index in [9.17, 15) is 9.59 Å². The van der Waals surface area contributed by atoms with Gasteiger partial charge in [-0.15, -0.1) is 0 Å². The maximum Gasteiger partial charge on any atom is 0.359 e. The van der Waals surface area contributed by atoms with Crippen molar-refractivity contribution in [2.75, 3.05) is 20.3 Å². The van der Waals surface area contributed by atoms with Gasteiger partial charge in [-0.05, 0) is 39.0 Å². The number of aromatic nitrogens is 3. The number of carbonyl (C=O) groups is 2. The van der Waals surface area contributed by atoms with E-state index < -0.39 is 5.97 Å². The van der Waals surface area contributed by atoms with Crippen molar-refractivity contribution in [1.29, 1.82) is 0 Å². The van der Waals surface area contributed by atoms with Gasteiger partial charge < -0.3 is 18.4 Å². The quantitative estimate of drug-likeness (QED) is 0.473. The van der Waals surface area contributed by atoms with Crippen LogP contribution in [0.5, 0.6) is 0 Å². The molecular formula is C20H23N3O4. The van der Waals surface area contributed by atoms with Gasteiger partial charge >= 0.3 is 5.97 Å². The third-order valence-corrected chi connectivity index (χ3v) is 4.54. The van der Waals surface area contributed by atoms with Crippen molar-refractivity contribution in [1.82, 2.24) is 14.0 Å². The molecule has 3 rings (SSSR count). The number of pyridine rings is 1. The molecule has 0 saturated carbocycles. The number of fused-ring (bicyclic) bond motifs is 1. The molecule has 3 aromatic heterocycles. The average molecular weight is 369 g/mol. The summed E-state index contributed by atoms with van der Waals surface area (Å²) >= 11 is 0. The zero-order valence-corrected chi connectivity index (χ0v) is 15.9. The molecule has 0 saturated heterocycles. The van der Waals surface area contributed by atoms with Gasteiger partial charge in [0.15, 0.2) is 12.3 Å². The highest BCUT2D eigenvalue weighted by atomic mass is 16.5. The van der Waals surface area contributed by atoms with Crippen LogP contribution < -0.4 is 0 Å². The topological polar surface area (TPSA) is 74.8 Å². The molecule has 0 aliphatic rings. The molecule has 0 unspecified atom stereocenters. The number of rotatable bonds is 7. The van der Waals surface area contributed by atoms with Crippen molar-refractivity contribution in [3.63, 3.8) is 0 Å². The molecule has 7 nitrogen and oxygen atoms in total. The van der Waals surface area contributed by atoms with Crippen molar-refractivity contribution in [3.05, 3.63) is 59.3 Å². The first-order valence-electron chi connectivity index (χ1n) is 8.73. The minimum Gasteiger partial charge on any atom is -0.453 e. The van der Waals surface area contributed by atoms with Crippen molar-refractivity contribution in [3.8, 4) is 0 Å². The first-order valence-corrected chi connectivity index (χ1v) is 8.73. The molecule has 0 amide bonds. The lowest BCUT2D eigenvalue weighted by molar-refractivity contribution is 0.0469. The summed E-state index contributed by atoms with van der Waals surface area (Å²) < 4.78 is 14.2. The summed E-state index contributed by atoms with van der Waals surface area (Å²) in [6.45, 7) is 6.08. The van der Waals surface area contributed by atoms with E-state index in [2.05, 4.69) is 9.55 Å². The maximum atomic E-state index is 12.6. The van der Waals surface area contributed by atoms with E-state index >= 15 is 0 Å². The van der Waals surface area contributed by atoms with Gasteiger partial charge in [-0.2, -0.15) is 0 Å². The van der Waals surface area contributed by atoms with Crippen molar-refractivity contribution < 1.29 is 19.1 Å². The van der Waals surface area contributed by atoms with E-state index in [1.54, 1.807) is 30.0 Å². The summed E-state index contributed by atoms with van der Waals surface area (Å²) in [5.74, 6) is -0.857. The summed E-state index contributed by atoms with van der Waals surface area (Å²) in [6.07, 6.45) is 3.38. The Hall–Kier alpha value is -2.93. The first-order chi connectivity index (χ1) is 12.9. The normalized spacial score (nSPS) is 12.3. The SMILES string of the molecule is COC[C@@H](C)n1c(C)cc(C(=O)COC(=O)c2cn3ccccc3n2)c1C. The molecule has 142 valence electrons. The van der Waals surface area contributed by atoms with E-state index in [-0.39, 0.29) is 24.1 Å². The minimum absolute atomic E-state index is 0.108. The van der Waals surface area contributed by atoms with E-state index in [4.69, 9.17) is 9.47 Å². The van der Waals surface area contributed by atoms with Gasteiger partial charge in [-0.1, -0.05) is 6.07 Å². The third-order valence-electron chi connectivity index (χ3n) is 4.54. The van der Waals surface area contributed by atoms with Gasteiger partial charge in [0, 0.05) is 36.5 Å². The van der Waals surface area contributed by atoms with Crippen LogP contribution in [0.3, 0.4) is 0 Å². The number of imidazole rings is 1. The van der Waals surface area contributed by atoms with E-state index in [0.29, 0.717) is 17.8 Å². The van der Waals surface area contributed by atoms with Gasteiger partial charge in [-0.3, -0.25) is 4.79 Å². The lowest BCUT2D eigenvalue weighted by Crippen LogP contribution is -2.17. The second-order valence-corrected chi connectivity index (χ2v) is 6.55. The minimum atomic E-state index is -0.617. The number of nitrogens with zero attached hydrogens (tertiary/aromatic N) is 3. The van der Waals surface area contributed by atoms with Crippen LogP contribution in [0, 0.1) is 13.8 Å². The van der Waals surface area contributed by atoms with Gasteiger partial charge in [0.1, 0.15) is 5.65 Å². The summed E-state index contributed by atoms with van der Waals surface area (Å²) in [7, 11) is 1.65. The summed E-state index contributed by atoms with van der Waals surface area (Å²) in [5, 5.41) is 0. The Bertz CT molecular complexity index is 953. The smallest absolute Gasteiger partial charge is 0.359 e. The second kappa shape index (κ2) is 7.75. The summed E-state index contributed by atoms with van der Waals surface area (Å²) in [6, 6.07) is 7.40. The molecule has 1 atom stereocenters. The van der Waals surface area contributed by atoms with E-state index in [1.807, 2.05) is 39.0 Å². The van der Waals surface area contributed by atoms with Crippen LogP contribution >= 0.6 is 0 Å². The Balaban J connectivity index is 1.70. The van der Waals surface area contributed by atoms with Crippen LogP contribution in [-0.2, 0) is 9.47 Å². The predicted octanol–water partition coefficient (Wildman–Crippen LogP) is 3.00. The van der Waals surface area contributed by atoms with Gasteiger partial charge in [0.2, 0.25) is 5.78 Å². The molecule has 3 aromatic rings. The van der Waals surface area contributed by atoms with Gasteiger partial charge in [-0.25, -0.2) is 9.78 Å². The summed E-state index contributed by atoms with van der Waals surface area (Å²) in [5.41, 5.74) is 3.18. The fraction of sp³-hybridized carbons (Fsp3) is 0.350. The van der Waals surface area contributed by atoms with Gasteiger partial charge in [0.05, 0.1) is 12.6 Å². The highest BCUT2D eigenvalue weighted by molar-refractivity contribution is 6.00. The Morgan fingerprint density at radius 3 is 2.74 bits per heavy atom. The van der Waals surface area contributed by atoms with Gasteiger partial charge in [0.25, 0.3) is 0 Å². The van der Waals surface area contributed by atoms with Crippen LogP contribution in [0.25, 0.3) is 5.65 Å². The zero-order chi connectivity index (χ0) is 19.6. The Morgan fingerprint density at radius 1 is 1.26 bits per heavy atom.